The fourth-order valence-electron chi connectivity index (χ4n) is 1.76. The number of rotatable bonds is 0. The lowest BCUT2D eigenvalue weighted by atomic mass is 9.94. The number of benzene rings is 1. The molecule has 0 bridgehead atoms. The van der Waals surface area contributed by atoms with Crippen LogP contribution in [0.25, 0.3) is 0 Å². The van der Waals surface area contributed by atoms with E-state index in [4.69, 9.17) is 0 Å². The van der Waals surface area contributed by atoms with Crippen LogP contribution in [0, 0.1) is 13.8 Å². The van der Waals surface area contributed by atoms with Crippen molar-refractivity contribution in [3.8, 4) is 0 Å². The fraction of sp³-hybridized carbons (Fsp3) is 0.182. The second kappa shape index (κ2) is 3.02. The van der Waals surface area contributed by atoms with E-state index in [1.807, 2.05) is 13.0 Å². The number of Topliss-reactive ketones (excluding diaryl/α,β-unsaturated/α-hetero) is 2. The average Bonchev–Trinajstić information content (AvgIpc) is 2.13. The zero-order chi connectivity index (χ0) is 11.2. The Morgan fingerprint density at radius 2 is 1.67 bits per heavy atom. The van der Waals surface area contributed by atoms with Crippen LogP contribution in [0.15, 0.2) is 12.1 Å². The van der Waals surface area contributed by atoms with E-state index in [-0.39, 0.29) is 0 Å². The Hall–Kier alpha value is -1.97. The summed E-state index contributed by atoms with van der Waals surface area (Å²) in [6.07, 6.45) is 0. The molecule has 0 saturated carbocycles. The Balaban J connectivity index is 2.70. The highest BCUT2D eigenvalue weighted by molar-refractivity contribution is 6.70. The molecule has 0 spiro atoms. The minimum atomic E-state index is -0.991. The van der Waals surface area contributed by atoms with Crippen molar-refractivity contribution in [3.05, 3.63) is 28.8 Å². The number of hydrogen-bond donors (Lipinski definition) is 1. The maximum atomic E-state index is 11.5. The molecule has 4 nitrogen and oxygen atoms in total. The van der Waals surface area contributed by atoms with Gasteiger partial charge in [0.2, 0.25) is 5.78 Å². The molecule has 1 aliphatic rings. The van der Waals surface area contributed by atoms with Gasteiger partial charge in [-0.3, -0.25) is 14.4 Å². The standard InChI is InChI=1S/C11H9NO3/c1-5-3-6(2)8-7(4-5)12-11(15)10(14)9(8)13/h3-4H,1-2H3,(H,12,15). The van der Waals surface area contributed by atoms with Crippen LogP contribution in [0.2, 0.25) is 0 Å². The van der Waals surface area contributed by atoms with Crippen LogP contribution in [0.4, 0.5) is 5.69 Å². The molecule has 0 radical (unpaired) electrons. The van der Waals surface area contributed by atoms with E-state index in [2.05, 4.69) is 5.32 Å². The highest BCUT2D eigenvalue weighted by Gasteiger charge is 2.33. The van der Waals surface area contributed by atoms with E-state index in [0.29, 0.717) is 16.8 Å². The first-order chi connectivity index (χ1) is 7.00. The molecule has 76 valence electrons. The summed E-state index contributed by atoms with van der Waals surface area (Å²) in [6.45, 7) is 3.61. The Morgan fingerprint density at radius 1 is 1.00 bits per heavy atom. The first kappa shape index (κ1) is 9.58. The quantitative estimate of drug-likeness (QED) is 0.640. The molecule has 0 aromatic heterocycles. The molecule has 0 fully saturated rings. The molecular weight excluding hydrogens is 194 g/mol. The van der Waals surface area contributed by atoms with Crippen LogP contribution in [0.1, 0.15) is 21.5 Å². The molecule has 1 amide bonds. The Labute approximate surface area is 86.3 Å². The molecule has 1 aromatic rings. The summed E-state index contributed by atoms with van der Waals surface area (Å²) in [7, 11) is 0. The minimum Gasteiger partial charge on any atom is -0.318 e. The molecule has 0 saturated heterocycles. The van der Waals surface area contributed by atoms with Gasteiger partial charge in [0, 0.05) is 0 Å². The number of hydrogen-bond acceptors (Lipinski definition) is 3. The van der Waals surface area contributed by atoms with Gasteiger partial charge in [0.05, 0.1) is 11.3 Å². The van der Waals surface area contributed by atoms with Crippen molar-refractivity contribution in [3.63, 3.8) is 0 Å². The van der Waals surface area contributed by atoms with Gasteiger partial charge in [-0.05, 0) is 31.0 Å². The number of carbonyl (C=O) groups excluding carboxylic acids is 3. The number of amides is 1. The van der Waals surface area contributed by atoms with E-state index in [1.54, 1.807) is 13.0 Å². The first-order valence-corrected chi connectivity index (χ1v) is 4.52. The molecule has 0 atom stereocenters. The topological polar surface area (TPSA) is 63.2 Å². The lowest BCUT2D eigenvalue weighted by Gasteiger charge is -2.17. The molecule has 1 heterocycles. The predicted molar refractivity (Wildman–Crippen MR) is 53.9 cm³/mol. The normalized spacial score (nSPS) is 14.9. The summed E-state index contributed by atoms with van der Waals surface area (Å²) >= 11 is 0. The Morgan fingerprint density at radius 3 is 2.33 bits per heavy atom. The van der Waals surface area contributed by atoms with Gasteiger partial charge in [-0.15, -0.1) is 0 Å². The van der Waals surface area contributed by atoms with Crippen molar-refractivity contribution in [2.45, 2.75) is 13.8 Å². The summed E-state index contributed by atoms with van der Waals surface area (Å²) in [5.74, 6) is -2.56. The van der Waals surface area contributed by atoms with Crippen molar-refractivity contribution in [2.75, 3.05) is 5.32 Å². The van der Waals surface area contributed by atoms with Gasteiger partial charge in [-0.2, -0.15) is 0 Å². The summed E-state index contributed by atoms with van der Waals surface area (Å²) in [4.78, 5) is 33.8. The second-order valence-corrected chi connectivity index (χ2v) is 3.62. The molecule has 1 aromatic carbocycles. The van der Waals surface area contributed by atoms with Crippen LogP contribution in [0.3, 0.4) is 0 Å². The molecule has 0 unspecified atom stereocenters. The number of nitrogens with one attached hydrogen (secondary N) is 1. The van der Waals surface area contributed by atoms with Crippen molar-refractivity contribution < 1.29 is 14.4 Å². The monoisotopic (exact) mass is 203 g/mol. The molecule has 2 rings (SSSR count). The van der Waals surface area contributed by atoms with E-state index in [1.165, 1.54) is 0 Å². The van der Waals surface area contributed by atoms with Crippen molar-refractivity contribution in [2.24, 2.45) is 0 Å². The third-order valence-electron chi connectivity index (χ3n) is 2.37. The second-order valence-electron chi connectivity index (χ2n) is 3.62. The van der Waals surface area contributed by atoms with Gasteiger partial charge in [0.1, 0.15) is 0 Å². The number of carbonyl (C=O) groups is 3. The van der Waals surface area contributed by atoms with Gasteiger partial charge < -0.3 is 5.32 Å². The maximum Gasteiger partial charge on any atom is 0.300 e. The van der Waals surface area contributed by atoms with E-state index < -0.39 is 17.5 Å². The third-order valence-corrected chi connectivity index (χ3v) is 2.37. The van der Waals surface area contributed by atoms with Crippen LogP contribution in [-0.2, 0) is 9.59 Å². The zero-order valence-electron chi connectivity index (χ0n) is 8.38. The fourth-order valence-corrected chi connectivity index (χ4v) is 1.76. The molecular formula is C11H9NO3. The van der Waals surface area contributed by atoms with E-state index in [0.717, 1.165) is 5.56 Å². The zero-order valence-corrected chi connectivity index (χ0v) is 8.38. The summed E-state index contributed by atoms with van der Waals surface area (Å²) < 4.78 is 0. The molecule has 15 heavy (non-hydrogen) atoms. The Kier molecular flexibility index (Phi) is 1.93. The smallest absolute Gasteiger partial charge is 0.300 e. The first-order valence-electron chi connectivity index (χ1n) is 4.52. The van der Waals surface area contributed by atoms with Crippen molar-refractivity contribution in [1.82, 2.24) is 0 Å². The number of fused-ring (bicyclic) bond motifs is 1. The highest BCUT2D eigenvalue weighted by atomic mass is 16.2. The Bertz CT molecular complexity index is 503. The van der Waals surface area contributed by atoms with E-state index >= 15 is 0 Å². The largest absolute Gasteiger partial charge is 0.318 e. The van der Waals surface area contributed by atoms with Gasteiger partial charge >= 0.3 is 0 Å². The van der Waals surface area contributed by atoms with Gasteiger partial charge in [-0.1, -0.05) is 6.07 Å². The van der Waals surface area contributed by atoms with Crippen molar-refractivity contribution >= 4 is 23.2 Å². The number of aryl methyl sites for hydroxylation is 2. The van der Waals surface area contributed by atoms with Gasteiger partial charge in [0.25, 0.3) is 11.7 Å². The van der Waals surface area contributed by atoms with E-state index in [9.17, 15) is 14.4 Å². The lowest BCUT2D eigenvalue weighted by Crippen LogP contribution is -2.36. The van der Waals surface area contributed by atoms with Crippen LogP contribution < -0.4 is 5.32 Å². The predicted octanol–water partition coefficient (Wildman–Crippen LogP) is 1.01. The molecule has 4 heteroatoms. The molecule has 0 aliphatic carbocycles. The summed E-state index contributed by atoms with van der Waals surface area (Å²) in [5.41, 5.74) is 2.39. The maximum absolute atomic E-state index is 11.5. The summed E-state index contributed by atoms with van der Waals surface area (Å²) in [6, 6.07) is 3.49. The van der Waals surface area contributed by atoms with Crippen LogP contribution in [0.5, 0.6) is 0 Å². The molecule has 1 aliphatic heterocycles. The average molecular weight is 203 g/mol. The van der Waals surface area contributed by atoms with Crippen LogP contribution in [-0.4, -0.2) is 17.5 Å². The van der Waals surface area contributed by atoms with Gasteiger partial charge in [-0.25, -0.2) is 0 Å². The lowest BCUT2D eigenvalue weighted by molar-refractivity contribution is -0.132. The third kappa shape index (κ3) is 1.34. The SMILES string of the molecule is Cc1cc(C)c2c(c1)NC(=O)C(=O)C2=O. The highest BCUT2D eigenvalue weighted by Crippen LogP contribution is 2.25. The number of ketones is 2. The minimum absolute atomic E-state index is 0.310. The van der Waals surface area contributed by atoms with Gasteiger partial charge in [0.15, 0.2) is 0 Å². The van der Waals surface area contributed by atoms with Crippen LogP contribution >= 0.6 is 0 Å². The number of anilines is 1. The summed E-state index contributed by atoms with van der Waals surface area (Å²) in [5, 5.41) is 2.41. The molecule has 1 N–H and O–H groups in total. The van der Waals surface area contributed by atoms with Crippen molar-refractivity contribution in [1.29, 1.82) is 0 Å².